The van der Waals surface area contributed by atoms with E-state index in [1.807, 2.05) is 31.3 Å². The largest absolute Gasteiger partial charge is 0.435 e. The average Bonchev–Trinajstić information content (AvgIpc) is 2.83. The molecule has 0 radical (unpaired) electrons. The molecule has 19 heavy (non-hydrogen) atoms. The van der Waals surface area contributed by atoms with E-state index in [2.05, 4.69) is 10.3 Å². The van der Waals surface area contributed by atoms with E-state index < -0.39 is 0 Å². The van der Waals surface area contributed by atoms with E-state index >= 15 is 0 Å². The van der Waals surface area contributed by atoms with Gasteiger partial charge in [0.15, 0.2) is 5.58 Å². The molecule has 2 aromatic carbocycles. The van der Waals surface area contributed by atoms with E-state index in [-0.39, 0.29) is 0 Å². The first kappa shape index (κ1) is 12.3. The van der Waals surface area contributed by atoms with Crippen LogP contribution in [0.3, 0.4) is 0 Å². The van der Waals surface area contributed by atoms with Gasteiger partial charge in [0.1, 0.15) is 5.52 Å². The summed E-state index contributed by atoms with van der Waals surface area (Å²) >= 11 is 12.0. The van der Waals surface area contributed by atoms with E-state index in [9.17, 15) is 0 Å². The number of anilines is 1. The van der Waals surface area contributed by atoms with Crippen LogP contribution in [0.5, 0.6) is 0 Å². The minimum atomic E-state index is 0.466. The van der Waals surface area contributed by atoms with Gasteiger partial charge in [0, 0.05) is 23.3 Å². The first-order chi connectivity index (χ1) is 9.17. The second-order valence-corrected chi connectivity index (χ2v) is 4.93. The third-order valence-corrected chi connectivity index (χ3v) is 3.33. The molecule has 0 spiro atoms. The molecule has 0 aliphatic heterocycles. The molecule has 1 aromatic heterocycles. The Kier molecular flexibility index (Phi) is 3.09. The second-order valence-electron chi connectivity index (χ2n) is 4.08. The van der Waals surface area contributed by atoms with Crippen molar-refractivity contribution in [1.29, 1.82) is 0 Å². The van der Waals surface area contributed by atoms with Crippen LogP contribution in [-0.2, 0) is 0 Å². The summed E-state index contributed by atoms with van der Waals surface area (Å²) < 4.78 is 5.69. The van der Waals surface area contributed by atoms with E-state index in [1.165, 1.54) is 0 Å². The zero-order valence-electron chi connectivity index (χ0n) is 10.1. The molecule has 5 heteroatoms. The summed E-state index contributed by atoms with van der Waals surface area (Å²) in [6, 6.07) is 11.2. The third-order valence-electron chi connectivity index (χ3n) is 2.83. The predicted molar refractivity (Wildman–Crippen MR) is 79.0 cm³/mol. The summed E-state index contributed by atoms with van der Waals surface area (Å²) in [6.45, 7) is 0. The normalized spacial score (nSPS) is 10.9. The lowest BCUT2D eigenvalue weighted by Crippen LogP contribution is -1.86. The molecule has 0 atom stereocenters. The third kappa shape index (κ3) is 2.27. The first-order valence-electron chi connectivity index (χ1n) is 5.71. The van der Waals surface area contributed by atoms with E-state index in [4.69, 9.17) is 27.6 Å². The Hall–Kier alpha value is -1.71. The number of fused-ring (bicyclic) bond motifs is 1. The van der Waals surface area contributed by atoms with Crippen molar-refractivity contribution < 1.29 is 4.42 Å². The fraction of sp³-hybridized carbons (Fsp3) is 0.0714. The lowest BCUT2D eigenvalue weighted by atomic mass is 10.2. The molecule has 0 aliphatic rings. The van der Waals surface area contributed by atoms with Crippen LogP contribution < -0.4 is 5.32 Å². The molecule has 96 valence electrons. The highest BCUT2D eigenvalue weighted by Gasteiger charge is 2.11. The zero-order chi connectivity index (χ0) is 13.4. The lowest BCUT2D eigenvalue weighted by Gasteiger charge is -1.99. The van der Waals surface area contributed by atoms with E-state index in [1.54, 1.807) is 12.1 Å². The SMILES string of the molecule is CNc1ccc(-c2nc3cc(Cl)cc(Cl)c3o2)cc1. The van der Waals surface area contributed by atoms with Crippen molar-refractivity contribution in [3.63, 3.8) is 0 Å². The number of nitrogens with zero attached hydrogens (tertiary/aromatic N) is 1. The summed E-state index contributed by atoms with van der Waals surface area (Å²) in [5.41, 5.74) is 3.13. The fourth-order valence-corrected chi connectivity index (χ4v) is 2.38. The second kappa shape index (κ2) is 4.76. The van der Waals surface area contributed by atoms with Gasteiger partial charge in [-0.15, -0.1) is 0 Å². The Morgan fingerprint density at radius 2 is 1.84 bits per heavy atom. The number of oxazole rings is 1. The van der Waals surface area contributed by atoms with Crippen molar-refractivity contribution in [2.45, 2.75) is 0 Å². The zero-order valence-corrected chi connectivity index (χ0v) is 11.6. The maximum Gasteiger partial charge on any atom is 0.227 e. The van der Waals surface area contributed by atoms with E-state index in [0.29, 0.717) is 27.0 Å². The summed E-state index contributed by atoms with van der Waals surface area (Å²) in [4.78, 5) is 4.40. The van der Waals surface area contributed by atoms with E-state index in [0.717, 1.165) is 11.3 Å². The number of benzene rings is 2. The minimum Gasteiger partial charge on any atom is -0.435 e. The van der Waals surface area contributed by atoms with Crippen molar-refractivity contribution in [1.82, 2.24) is 4.98 Å². The molecule has 0 aliphatic carbocycles. The summed E-state index contributed by atoms with van der Waals surface area (Å²) in [5.74, 6) is 0.529. The average molecular weight is 293 g/mol. The van der Waals surface area contributed by atoms with Crippen molar-refractivity contribution >= 4 is 40.0 Å². The molecule has 3 nitrogen and oxygen atoms in total. The number of hydrogen-bond donors (Lipinski definition) is 1. The highest BCUT2D eigenvalue weighted by Crippen LogP contribution is 2.32. The van der Waals surface area contributed by atoms with Crippen LogP contribution >= 0.6 is 23.2 Å². The van der Waals surface area contributed by atoms with Crippen molar-refractivity contribution in [3.05, 3.63) is 46.4 Å². The highest BCUT2D eigenvalue weighted by molar-refractivity contribution is 6.38. The van der Waals surface area contributed by atoms with Gasteiger partial charge in [0.25, 0.3) is 0 Å². The Bertz CT molecular complexity index is 735. The van der Waals surface area contributed by atoms with Gasteiger partial charge in [-0.1, -0.05) is 23.2 Å². The highest BCUT2D eigenvalue weighted by atomic mass is 35.5. The van der Waals surface area contributed by atoms with Crippen LogP contribution in [0.4, 0.5) is 5.69 Å². The molecule has 1 N–H and O–H groups in total. The Labute approximate surface area is 120 Å². The minimum absolute atomic E-state index is 0.466. The van der Waals surface area contributed by atoms with Crippen molar-refractivity contribution in [2.75, 3.05) is 12.4 Å². The molecule has 1 heterocycles. The standard InChI is InChI=1S/C14H10Cl2N2O/c1-17-10-4-2-8(3-5-10)14-18-12-7-9(15)6-11(16)13(12)19-14/h2-7,17H,1H3. The van der Waals surface area contributed by atoms with Crippen LogP contribution in [0, 0.1) is 0 Å². The monoisotopic (exact) mass is 292 g/mol. The maximum atomic E-state index is 6.08. The summed E-state index contributed by atoms with van der Waals surface area (Å²) in [6.07, 6.45) is 0. The Morgan fingerprint density at radius 3 is 2.53 bits per heavy atom. The smallest absolute Gasteiger partial charge is 0.227 e. The first-order valence-corrected chi connectivity index (χ1v) is 6.47. The van der Waals surface area contributed by atoms with Crippen LogP contribution in [0.25, 0.3) is 22.6 Å². The Balaban J connectivity index is 2.12. The molecular weight excluding hydrogens is 283 g/mol. The number of rotatable bonds is 2. The molecule has 0 fully saturated rings. The number of aromatic nitrogens is 1. The van der Waals surface area contributed by atoms with Gasteiger partial charge in [0.05, 0.1) is 5.02 Å². The van der Waals surface area contributed by atoms with Gasteiger partial charge in [-0.2, -0.15) is 0 Å². The number of halogens is 2. The van der Waals surface area contributed by atoms with Crippen LogP contribution in [0.15, 0.2) is 40.8 Å². The molecule has 0 unspecified atom stereocenters. The van der Waals surface area contributed by atoms with Crippen LogP contribution in [0.2, 0.25) is 10.0 Å². The quantitative estimate of drug-likeness (QED) is 0.734. The number of hydrogen-bond acceptors (Lipinski definition) is 3. The van der Waals surface area contributed by atoms with Gasteiger partial charge in [0.2, 0.25) is 5.89 Å². The van der Waals surface area contributed by atoms with Crippen molar-refractivity contribution in [3.8, 4) is 11.5 Å². The molecule has 0 saturated carbocycles. The van der Waals surface area contributed by atoms with Crippen LogP contribution in [0.1, 0.15) is 0 Å². The molecule has 0 saturated heterocycles. The molecule has 0 amide bonds. The van der Waals surface area contributed by atoms with Gasteiger partial charge in [-0.05, 0) is 36.4 Å². The topological polar surface area (TPSA) is 38.1 Å². The van der Waals surface area contributed by atoms with Gasteiger partial charge in [-0.3, -0.25) is 0 Å². The van der Waals surface area contributed by atoms with Gasteiger partial charge < -0.3 is 9.73 Å². The Morgan fingerprint density at radius 1 is 1.11 bits per heavy atom. The summed E-state index contributed by atoms with van der Waals surface area (Å²) in [7, 11) is 1.87. The van der Waals surface area contributed by atoms with Gasteiger partial charge in [-0.25, -0.2) is 4.98 Å². The molecule has 3 rings (SSSR count). The fourth-order valence-electron chi connectivity index (χ4n) is 1.86. The van der Waals surface area contributed by atoms with Crippen molar-refractivity contribution in [2.24, 2.45) is 0 Å². The number of nitrogens with one attached hydrogen (secondary N) is 1. The molecule has 0 bridgehead atoms. The predicted octanol–water partition coefficient (Wildman–Crippen LogP) is 4.84. The van der Waals surface area contributed by atoms with Crippen LogP contribution in [-0.4, -0.2) is 12.0 Å². The molecule has 3 aromatic rings. The van der Waals surface area contributed by atoms with Gasteiger partial charge >= 0.3 is 0 Å². The lowest BCUT2D eigenvalue weighted by molar-refractivity contribution is 0.620. The summed E-state index contributed by atoms with van der Waals surface area (Å²) in [5, 5.41) is 4.07. The molecular formula is C14H10Cl2N2O. The maximum absolute atomic E-state index is 6.08.